The second kappa shape index (κ2) is 6.38. The Morgan fingerprint density at radius 2 is 2.12 bits per heavy atom. The summed E-state index contributed by atoms with van der Waals surface area (Å²) >= 11 is 2.83. The van der Waals surface area contributed by atoms with E-state index in [4.69, 9.17) is 4.84 Å². The van der Waals surface area contributed by atoms with Crippen LogP contribution < -0.4 is 0 Å². The number of hydrogen-bond donors (Lipinski definition) is 0. The van der Waals surface area contributed by atoms with Crippen molar-refractivity contribution < 1.29 is 4.84 Å². The molecule has 0 aromatic carbocycles. The van der Waals surface area contributed by atoms with Gasteiger partial charge >= 0.3 is 0 Å². The van der Waals surface area contributed by atoms with Crippen molar-refractivity contribution in [1.82, 2.24) is 5.06 Å². The first-order valence-corrected chi connectivity index (χ1v) is 10.7. The van der Waals surface area contributed by atoms with E-state index in [2.05, 4.69) is 81.1 Å². The fourth-order valence-corrected chi connectivity index (χ4v) is 8.36. The first-order valence-electron chi connectivity index (χ1n) is 9.63. The Labute approximate surface area is 162 Å². The average molecular weight is 443 g/mol. The monoisotopic (exact) mass is 443 g/mol. The highest BCUT2D eigenvalue weighted by Gasteiger charge is 2.76. The molecule has 0 N–H and O–H groups in total. The summed E-state index contributed by atoms with van der Waals surface area (Å²) in [6, 6.07) is 0. The van der Waals surface area contributed by atoms with Gasteiger partial charge in [-0.1, -0.05) is 60.6 Å². The van der Waals surface area contributed by atoms with Gasteiger partial charge in [0.2, 0.25) is 0 Å². The molecule has 3 fully saturated rings. The number of nitrogens with zero attached hydrogens (tertiary/aromatic N) is 1. The summed E-state index contributed by atoms with van der Waals surface area (Å²) in [5, 5.41) is 2.32. The minimum absolute atomic E-state index is 0.150. The standard InChI is InChI=1S/C21H34INO/c1-7-9-16(4)19-11-8-12-20(19)21(22,17(5)10-13-19)18(14-15(2)3)24-23(20)6/h7,9,16-18H,2,8,10-14H2,1,3-6H3/b9-7+/t16-,17?,18+,19?,20-,21?/m0/s1. The molecular formula is C21H34INO. The normalized spacial score (nSPS) is 46.9. The van der Waals surface area contributed by atoms with E-state index in [0.29, 0.717) is 17.3 Å². The molecule has 2 aliphatic carbocycles. The van der Waals surface area contributed by atoms with Gasteiger partial charge in [0.1, 0.15) is 0 Å². The van der Waals surface area contributed by atoms with Gasteiger partial charge in [-0.3, -0.25) is 4.84 Å². The van der Waals surface area contributed by atoms with Crippen molar-refractivity contribution in [3.05, 3.63) is 24.3 Å². The zero-order chi connectivity index (χ0) is 17.8. The van der Waals surface area contributed by atoms with Crippen molar-refractivity contribution in [2.75, 3.05) is 7.05 Å². The summed E-state index contributed by atoms with van der Waals surface area (Å²) in [5.74, 6) is 1.28. The lowest BCUT2D eigenvalue weighted by molar-refractivity contribution is -0.200. The van der Waals surface area contributed by atoms with E-state index in [-0.39, 0.29) is 15.1 Å². The Balaban J connectivity index is 2.15. The third-order valence-corrected chi connectivity index (χ3v) is 10.2. The zero-order valence-corrected chi connectivity index (χ0v) is 18.2. The molecule has 1 spiro atoms. The number of alkyl halides is 1. The summed E-state index contributed by atoms with van der Waals surface area (Å²) in [5.41, 5.74) is 1.73. The van der Waals surface area contributed by atoms with Gasteiger partial charge in [0.05, 0.1) is 15.1 Å². The van der Waals surface area contributed by atoms with Crippen molar-refractivity contribution in [2.45, 2.75) is 81.3 Å². The molecule has 0 bridgehead atoms. The van der Waals surface area contributed by atoms with Crippen molar-refractivity contribution in [2.24, 2.45) is 17.3 Å². The van der Waals surface area contributed by atoms with E-state index in [1.54, 1.807) is 0 Å². The predicted molar refractivity (Wildman–Crippen MR) is 110 cm³/mol. The van der Waals surface area contributed by atoms with Gasteiger partial charge in [-0.25, -0.2) is 0 Å². The molecule has 0 aromatic rings. The second-order valence-electron chi connectivity index (χ2n) is 8.64. The molecule has 0 amide bonds. The molecular weight excluding hydrogens is 409 g/mol. The van der Waals surface area contributed by atoms with E-state index in [1.165, 1.54) is 37.7 Å². The fraction of sp³-hybridized carbons (Fsp3) is 0.810. The highest BCUT2D eigenvalue weighted by Crippen LogP contribution is 2.72. The molecule has 2 saturated carbocycles. The Hall–Kier alpha value is 0.130. The molecule has 3 aliphatic rings. The first kappa shape index (κ1) is 18.9. The van der Waals surface area contributed by atoms with Crippen LogP contribution in [0.25, 0.3) is 0 Å². The molecule has 1 heterocycles. The van der Waals surface area contributed by atoms with Crippen LogP contribution in [0.3, 0.4) is 0 Å². The number of halogens is 1. The maximum atomic E-state index is 6.59. The molecule has 0 radical (unpaired) electrons. The summed E-state index contributed by atoms with van der Waals surface area (Å²) < 4.78 is 0.170. The fourth-order valence-electron chi connectivity index (χ4n) is 6.57. The van der Waals surface area contributed by atoms with Gasteiger partial charge < -0.3 is 0 Å². The molecule has 3 heteroatoms. The lowest BCUT2D eigenvalue weighted by Gasteiger charge is -2.61. The van der Waals surface area contributed by atoms with Crippen molar-refractivity contribution in [3.8, 4) is 0 Å². The summed E-state index contributed by atoms with van der Waals surface area (Å²) in [7, 11) is 2.21. The Kier molecular flexibility index (Phi) is 5.03. The summed E-state index contributed by atoms with van der Waals surface area (Å²) in [6.07, 6.45) is 12.5. The Morgan fingerprint density at radius 3 is 2.75 bits per heavy atom. The van der Waals surface area contributed by atoms with Crippen LogP contribution in [0.5, 0.6) is 0 Å². The number of allylic oxidation sites excluding steroid dienone is 2. The lowest BCUT2D eigenvalue weighted by atomic mass is 9.50. The second-order valence-corrected chi connectivity index (χ2v) is 10.4. The lowest BCUT2D eigenvalue weighted by Crippen LogP contribution is -2.69. The molecule has 1 aliphatic heterocycles. The summed E-state index contributed by atoms with van der Waals surface area (Å²) in [6.45, 7) is 13.4. The van der Waals surface area contributed by atoms with Gasteiger partial charge in [-0.05, 0) is 63.2 Å². The third-order valence-electron chi connectivity index (χ3n) is 7.54. The Morgan fingerprint density at radius 1 is 1.42 bits per heavy atom. The predicted octanol–water partition coefficient (Wildman–Crippen LogP) is 5.92. The zero-order valence-electron chi connectivity index (χ0n) is 16.1. The molecule has 0 aromatic heterocycles. The largest absolute Gasteiger partial charge is 0.294 e. The molecule has 136 valence electrons. The molecule has 3 rings (SSSR count). The Bertz CT molecular complexity index is 546. The third kappa shape index (κ3) is 2.19. The van der Waals surface area contributed by atoms with Crippen LogP contribution in [0, 0.1) is 17.3 Å². The maximum Gasteiger partial charge on any atom is 0.0997 e. The number of hydroxylamine groups is 2. The quantitative estimate of drug-likeness (QED) is 0.304. The summed E-state index contributed by atoms with van der Waals surface area (Å²) in [4.78, 5) is 6.59. The van der Waals surface area contributed by atoms with Crippen LogP contribution in [0.4, 0.5) is 0 Å². The van der Waals surface area contributed by atoms with E-state index >= 15 is 0 Å². The van der Waals surface area contributed by atoms with Crippen LogP contribution in [0.1, 0.15) is 66.2 Å². The SMILES string of the molecule is C=C(C)C[C@H]1ON(C)[C@@]23CCCC2([C@@H](C)/C=C/C)CCC(C)C13I. The molecule has 24 heavy (non-hydrogen) atoms. The van der Waals surface area contributed by atoms with Gasteiger partial charge in [-0.2, -0.15) is 5.06 Å². The van der Waals surface area contributed by atoms with E-state index in [0.717, 1.165) is 6.42 Å². The highest BCUT2D eigenvalue weighted by molar-refractivity contribution is 14.1. The van der Waals surface area contributed by atoms with Crippen LogP contribution in [-0.2, 0) is 4.84 Å². The van der Waals surface area contributed by atoms with E-state index in [1.807, 2.05) is 0 Å². The molecule has 2 nitrogen and oxygen atoms in total. The van der Waals surface area contributed by atoms with Crippen LogP contribution in [-0.4, -0.2) is 27.2 Å². The van der Waals surface area contributed by atoms with Crippen molar-refractivity contribution >= 4 is 22.6 Å². The van der Waals surface area contributed by atoms with Crippen LogP contribution >= 0.6 is 22.6 Å². The van der Waals surface area contributed by atoms with Gasteiger partial charge in [0.25, 0.3) is 0 Å². The average Bonchev–Trinajstić information content (AvgIpc) is 3.01. The van der Waals surface area contributed by atoms with Crippen molar-refractivity contribution in [1.29, 1.82) is 0 Å². The van der Waals surface area contributed by atoms with Crippen LogP contribution in [0.15, 0.2) is 24.3 Å². The smallest absolute Gasteiger partial charge is 0.0997 e. The molecule has 6 atom stereocenters. The maximum absolute atomic E-state index is 6.59. The minimum Gasteiger partial charge on any atom is -0.294 e. The van der Waals surface area contributed by atoms with Gasteiger partial charge in [-0.15, -0.1) is 6.58 Å². The first-order chi connectivity index (χ1) is 11.3. The number of hydrogen-bond acceptors (Lipinski definition) is 2. The van der Waals surface area contributed by atoms with Gasteiger partial charge in [0.15, 0.2) is 0 Å². The van der Waals surface area contributed by atoms with E-state index in [9.17, 15) is 0 Å². The number of rotatable bonds is 4. The topological polar surface area (TPSA) is 12.5 Å². The van der Waals surface area contributed by atoms with Gasteiger partial charge in [0, 0.05) is 7.05 Å². The highest BCUT2D eigenvalue weighted by atomic mass is 127. The molecule has 3 unspecified atom stereocenters. The van der Waals surface area contributed by atoms with Crippen LogP contribution in [0.2, 0.25) is 0 Å². The molecule has 1 saturated heterocycles. The van der Waals surface area contributed by atoms with E-state index < -0.39 is 0 Å². The minimum atomic E-state index is 0.150. The van der Waals surface area contributed by atoms with Crippen molar-refractivity contribution in [3.63, 3.8) is 0 Å².